The van der Waals surface area contributed by atoms with Gasteiger partial charge in [-0.1, -0.05) is 31.0 Å². The minimum atomic E-state index is -3.74. The predicted molar refractivity (Wildman–Crippen MR) is 134 cm³/mol. The van der Waals surface area contributed by atoms with Crippen LogP contribution < -0.4 is 0 Å². The van der Waals surface area contributed by atoms with Crippen LogP contribution in [0.1, 0.15) is 25.7 Å². The van der Waals surface area contributed by atoms with Crippen molar-refractivity contribution < 1.29 is 41.0 Å². The summed E-state index contributed by atoms with van der Waals surface area (Å²) in [5.74, 6) is 0.736. The van der Waals surface area contributed by atoms with E-state index in [1.54, 1.807) is 18.2 Å². The second kappa shape index (κ2) is 23.6. The zero-order valence-electron chi connectivity index (χ0n) is 20.6. The van der Waals surface area contributed by atoms with Crippen molar-refractivity contribution in [1.29, 1.82) is 0 Å². The Bertz CT molecular complexity index is 677. The summed E-state index contributed by atoms with van der Waals surface area (Å²) in [6.07, 6.45) is 4.46. The highest BCUT2D eigenvalue weighted by atomic mass is 35.5. The van der Waals surface area contributed by atoms with E-state index >= 15 is 0 Å². The van der Waals surface area contributed by atoms with Gasteiger partial charge >= 0.3 is 0 Å². The first-order valence-corrected chi connectivity index (χ1v) is 14.1. The monoisotopic (exact) mass is 540 g/mol. The van der Waals surface area contributed by atoms with Crippen molar-refractivity contribution in [2.75, 3.05) is 91.8 Å². The molecule has 11 heteroatoms. The highest BCUT2D eigenvalue weighted by Crippen LogP contribution is 2.10. The van der Waals surface area contributed by atoms with E-state index in [0.29, 0.717) is 66.1 Å². The van der Waals surface area contributed by atoms with Crippen LogP contribution in [0.15, 0.2) is 35.2 Å². The molecule has 0 heterocycles. The summed E-state index contributed by atoms with van der Waals surface area (Å²) < 4.78 is 61.2. The summed E-state index contributed by atoms with van der Waals surface area (Å²) >= 11 is 5.63. The summed E-state index contributed by atoms with van der Waals surface area (Å²) in [7, 11) is -3.74. The minimum absolute atomic E-state index is 0.0467. The van der Waals surface area contributed by atoms with Gasteiger partial charge in [0.05, 0.1) is 84.2 Å². The normalized spacial score (nSPS) is 11.8. The Morgan fingerprint density at radius 2 is 0.914 bits per heavy atom. The fraction of sp³-hybridized carbons (Fsp3) is 0.750. The molecule has 0 spiro atoms. The van der Waals surface area contributed by atoms with Crippen molar-refractivity contribution >= 4 is 21.7 Å². The minimum Gasteiger partial charge on any atom is -0.379 e. The van der Waals surface area contributed by atoms with E-state index in [-0.39, 0.29) is 18.1 Å². The van der Waals surface area contributed by atoms with Gasteiger partial charge in [-0.3, -0.25) is 4.18 Å². The average Bonchev–Trinajstić information content (AvgIpc) is 2.87. The topological polar surface area (TPSA) is 98.8 Å². The van der Waals surface area contributed by atoms with E-state index in [9.17, 15) is 8.42 Å². The number of alkyl halides is 1. The number of benzene rings is 1. The molecule has 0 fully saturated rings. The first-order valence-electron chi connectivity index (χ1n) is 12.1. The van der Waals surface area contributed by atoms with Crippen LogP contribution in [0.2, 0.25) is 0 Å². The first kappa shape index (κ1) is 32.2. The molecule has 1 aromatic rings. The Labute approximate surface area is 215 Å². The van der Waals surface area contributed by atoms with Crippen molar-refractivity contribution in [2.24, 2.45) is 0 Å². The van der Waals surface area contributed by atoms with Crippen molar-refractivity contribution in [3.05, 3.63) is 30.3 Å². The number of ether oxygens (including phenoxy) is 6. The van der Waals surface area contributed by atoms with E-state index < -0.39 is 10.1 Å². The van der Waals surface area contributed by atoms with Crippen LogP contribution in [0.4, 0.5) is 0 Å². The molecule has 1 aromatic carbocycles. The SMILES string of the molecule is O=S(=O)(OCCOCCOCCOCCOCCOCCOCCCCCCCl)c1ccccc1. The lowest BCUT2D eigenvalue weighted by Crippen LogP contribution is -2.15. The van der Waals surface area contributed by atoms with Crippen LogP contribution in [0.5, 0.6) is 0 Å². The number of unbranched alkanes of at least 4 members (excludes halogenated alkanes) is 3. The third kappa shape index (κ3) is 20.0. The number of halogens is 1. The molecular formula is C24H41ClO9S. The highest BCUT2D eigenvalue weighted by molar-refractivity contribution is 7.86. The third-order valence-corrected chi connectivity index (χ3v) is 6.12. The Hall–Kier alpha value is -0.820. The first-order chi connectivity index (χ1) is 17.2. The Kier molecular flexibility index (Phi) is 21.7. The van der Waals surface area contributed by atoms with Crippen LogP contribution in [0.25, 0.3) is 0 Å². The molecule has 0 aliphatic heterocycles. The zero-order valence-corrected chi connectivity index (χ0v) is 22.1. The molecule has 0 saturated heterocycles. The van der Waals surface area contributed by atoms with Gasteiger partial charge in [-0.2, -0.15) is 8.42 Å². The van der Waals surface area contributed by atoms with E-state index in [2.05, 4.69) is 0 Å². The Balaban J connectivity index is 1.73. The molecule has 1 rings (SSSR count). The molecule has 204 valence electrons. The van der Waals surface area contributed by atoms with E-state index in [0.717, 1.165) is 38.2 Å². The van der Waals surface area contributed by atoms with Crippen LogP contribution >= 0.6 is 11.6 Å². The summed E-state index contributed by atoms with van der Waals surface area (Å²) in [5.41, 5.74) is 0. The van der Waals surface area contributed by atoms with Crippen molar-refractivity contribution in [3.63, 3.8) is 0 Å². The van der Waals surface area contributed by atoms with Gasteiger partial charge in [0, 0.05) is 12.5 Å². The lowest BCUT2D eigenvalue weighted by molar-refractivity contribution is -0.0178. The molecule has 0 bridgehead atoms. The Morgan fingerprint density at radius 1 is 0.514 bits per heavy atom. The molecule has 0 aromatic heterocycles. The summed E-state index contributed by atoms with van der Waals surface area (Å²) in [6.45, 7) is 5.74. The smallest absolute Gasteiger partial charge is 0.297 e. The molecule has 0 saturated carbocycles. The second-order valence-corrected chi connectivity index (χ2v) is 9.36. The number of hydrogen-bond acceptors (Lipinski definition) is 9. The molecule has 0 radical (unpaired) electrons. The standard InChI is InChI=1S/C24H41ClO9S/c25-10-6-1-2-7-11-28-12-13-29-14-15-30-16-17-31-18-19-32-20-21-33-22-23-34-35(26,27)24-8-4-3-5-9-24/h3-5,8-9H,1-2,6-7,10-23H2. The number of rotatable bonds is 26. The predicted octanol–water partition coefficient (Wildman–Crippen LogP) is 3.29. The molecule has 0 N–H and O–H groups in total. The van der Waals surface area contributed by atoms with Gasteiger partial charge in [0.25, 0.3) is 10.1 Å². The summed E-state index contributed by atoms with van der Waals surface area (Å²) in [4.78, 5) is 0.128. The van der Waals surface area contributed by atoms with E-state index in [1.165, 1.54) is 12.1 Å². The molecule has 0 unspecified atom stereocenters. The van der Waals surface area contributed by atoms with Crippen LogP contribution in [0, 0.1) is 0 Å². The lowest BCUT2D eigenvalue weighted by atomic mass is 10.2. The maximum atomic E-state index is 11.9. The fourth-order valence-electron chi connectivity index (χ4n) is 2.71. The third-order valence-electron chi connectivity index (χ3n) is 4.53. The van der Waals surface area contributed by atoms with Gasteiger partial charge in [0.1, 0.15) is 0 Å². The summed E-state index contributed by atoms with van der Waals surface area (Å²) in [5, 5.41) is 0. The lowest BCUT2D eigenvalue weighted by Gasteiger charge is -2.08. The van der Waals surface area contributed by atoms with E-state index in [4.69, 9.17) is 44.2 Å². The van der Waals surface area contributed by atoms with Gasteiger partial charge in [-0.05, 0) is 25.0 Å². The summed E-state index contributed by atoms with van der Waals surface area (Å²) in [6, 6.07) is 8.00. The van der Waals surface area contributed by atoms with Gasteiger partial charge in [-0.15, -0.1) is 11.6 Å². The van der Waals surface area contributed by atoms with Crippen molar-refractivity contribution in [3.8, 4) is 0 Å². The molecule has 35 heavy (non-hydrogen) atoms. The van der Waals surface area contributed by atoms with Gasteiger partial charge in [0.15, 0.2) is 0 Å². The van der Waals surface area contributed by atoms with Crippen LogP contribution in [-0.4, -0.2) is 100 Å². The Morgan fingerprint density at radius 3 is 1.37 bits per heavy atom. The van der Waals surface area contributed by atoms with Gasteiger partial charge in [-0.25, -0.2) is 0 Å². The molecule has 0 amide bonds. The van der Waals surface area contributed by atoms with Crippen molar-refractivity contribution in [1.82, 2.24) is 0 Å². The fourth-order valence-corrected chi connectivity index (χ4v) is 3.81. The zero-order chi connectivity index (χ0) is 25.3. The molecular weight excluding hydrogens is 500 g/mol. The molecule has 9 nitrogen and oxygen atoms in total. The molecule has 0 aliphatic carbocycles. The molecule has 0 atom stereocenters. The maximum Gasteiger partial charge on any atom is 0.297 e. The molecule has 0 aliphatic rings. The number of hydrogen-bond donors (Lipinski definition) is 0. The van der Waals surface area contributed by atoms with Gasteiger partial charge < -0.3 is 28.4 Å². The van der Waals surface area contributed by atoms with Crippen LogP contribution in [-0.2, 0) is 42.7 Å². The van der Waals surface area contributed by atoms with Gasteiger partial charge in [0.2, 0.25) is 0 Å². The van der Waals surface area contributed by atoms with E-state index in [1.807, 2.05) is 0 Å². The second-order valence-electron chi connectivity index (χ2n) is 7.37. The average molecular weight is 541 g/mol. The highest BCUT2D eigenvalue weighted by Gasteiger charge is 2.13. The quantitative estimate of drug-likeness (QED) is 0.0995. The van der Waals surface area contributed by atoms with Crippen molar-refractivity contribution in [2.45, 2.75) is 30.6 Å². The van der Waals surface area contributed by atoms with Crippen LogP contribution in [0.3, 0.4) is 0 Å². The largest absolute Gasteiger partial charge is 0.379 e. The maximum absolute atomic E-state index is 11.9.